The van der Waals surface area contributed by atoms with Crippen LogP contribution in [0.4, 0.5) is 0 Å². The van der Waals surface area contributed by atoms with Crippen LogP contribution in [-0.2, 0) is 27.4 Å². The number of nitrogens with two attached hydrogens (primary N) is 4. The van der Waals surface area contributed by atoms with Crippen molar-refractivity contribution < 1.29 is 14.3 Å². The summed E-state index contributed by atoms with van der Waals surface area (Å²) in [7, 11) is 5.31. The monoisotopic (exact) mass is 646 g/mol. The zero-order valence-corrected chi connectivity index (χ0v) is 30.4. The lowest BCUT2D eigenvalue weighted by atomic mass is 10.3. The molecular weight excluding hydrogens is 574 g/mol. The number of nitrogens with one attached hydrogen (secondary N) is 1. The molecule has 0 saturated heterocycles. The second kappa shape index (κ2) is 39.3. The predicted molar refractivity (Wildman–Crippen MR) is 188 cm³/mol. The fourth-order valence-electron chi connectivity index (χ4n) is 3.17. The third-order valence-electron chi connectivity index (χ3n) is 5.18. The van der Waals surface area contributed by atoms with Gasteiger partial charge in [-0.15, -0.1) is 5.10 Å². The minimum absolute atomic E-state index is 0.392. The molecule has 0 spiro atoms. The Balaban J connectivity index is -0.000000347. The van der Waals surface area contributed by atoms with Gasteiger partial charge in [-0.3, -0.25) is 9.58 Å². The predicted octanol–water partition coefficient (Wildman–Crippen LogP) is 2.78. The Hall–Kier alpha value is -2.75. The third-order valence-corrected chi connectivity index (χ3v) is 5.18. The minimum atomic E-state index is 0.392. The lowest BCUT2D eigenvalue weighted by Gasteiger charge is -2.26. The molecule has 0 aliphatic rings. The van der Waals surface area contributed by atoms with E-state index < -0.39 is 0 Å². The summed E-state index contributed by atoms with van der Waals surface area (Å²) in [6.45, 7) is 20.4. The number of ether oxygens (including phenoxy) is 2. The maximum atomic E-state index is 10.5. The SMILES string of the molecule is CC.CC.CCCCC.CCCOCCOCCNC.CN(N)/C=C(\N)CN(C/C(=C/N)N(C)N)Cc1cn(CCC=O)nn1. The molecule has 0 aromatic carbocycles. The fraction of sp³-hybridized carbons (Fsp3) is 0.774. The smallest absolute Gasteiger partial charge is 0.121 e. The molecule has 0 fully saturated rings. The third kappa shape index (κ3) is 35.6. The summed E-state index contributed by atoms with van der Waals surface area (Å²) in [5.41, 5.74) is 13.7. The first-order chi connectivity index (χ1) is 21.7. The number of hydrogen-bond donors (Lipinski definition) is 5. The van der Waals surface area contributed by atoms with E-state index in [0.29, 0.717) is 44.9 Å². The molecular formula is C31H71N11O3. The number of unbranched alkanes of at least 4 members (excludes halogenated alkanes) is 2. The van der Waals surface area contributed by atoms with Crippen LogP contribution >= 0.6 is 0 Å². The lowest BCUT2D eigenvalue weighted by molar-refractivity contribution is -0.108. The van der Waals surface area contributed by atoms with Crippen molar-refractivity contribution in [2.75, 3.05) is 67.2 Å². The van der Waals surface area contributed by atoms with Crippen molar-refractivity contribution in [1.29, 1.82) is 0 Å². The van der Waals surface area contributed by atoms with Gasteiger partial charge in [-0.2, -0.15) is 0 Å². The topological polar surface area (TPSA) is 192 Å². The van der Waals surface area contributed by atoms with E-state index in [-0.39, 0.29) is 0 Å². The molecule has 0 radical (unpaired) electrons. The Labute approximate surface area is 275 Å². The largest absolute Gasteiger partial charge is 0.403 e. The van der Waals surface area contributed by atoms with Crippen molar-refractivity contribution in [1.82, 2.24) is 35.2 Å². The van der Waals surface area contributed by atoms with Crippen LogP contribution in [0.15, 0.2) is 30.0 Å². The van der Waals surface area contributed by atoms with Crippen molar-refractivity contribution >= 4 is 6.29 Å². The molecule has 9 N–H and O–H groups in total. The zero-order valence-electron chi connectivity index (χ0n) is 30.4. The van der Waals surface area contributed by atoms with Crippen LogP contribution in [0.2, 0.25) is 0 Å². The molecule has 0 amide bonds. The van der Waals surface area contributed by atoms with Crippen LogP contribution in [0.25, 0.3) is 0 Å². The number of carbonyl (C=O) groups is 1. The van der Waals surface area contributed by atoms with E-state index >= 15 is 0 Å². The molecule has 0 saturated carbocycles. The molecule has 1 aromatic heterocycles. The highest BCUT2D eigenvalue weighted by molar-refractivity contribution is 5.48. The molecule has 1 rings (SSSR count). The van der Waals surface area contributed by atoms with Crippen molar-refractivity contribution in [3.05, 3.63) is 35.7 Å². The number of rotatable bonds is 21. The molecule has 0 aliphatic carbocycles. The van der Waals surface area contributed by atoms with Gasteiger partial charge in [0.05, 0.1) is 31.2 Å². The number of carbonyl (C=O) groups excluding carboxylic acids is 1. The van der Waals surface area contributed by atoms with Crippen LogP contribution < -0.4 is 28.5 Å². The van der Waals surface area contributed by atoms with Crippen LogP contribution in [0, 0.1) is 0 Å². The summed E-state index contributed by atoms with van der Waals surface area (Å²) in [4.78, 5) is 12.5. The molecule has 0 atom stereocenters. The highest BCUT2D eigenvalue weighted by atomic mass is 16.5. The Morgan fingerprint density at radius 1 is 0.978 bits per heavy atom. The van der Waals surface area contributed by atoms with Crippen LogP contribution in [-0.4, -0.2) is 103 Å². The van der Waals surface area contributed by atoms with E-state index in [0.717, 1.165) is 50.5 Å². The fourth-order valence-corrected chi connectivity index (χ4v) is 3.17. The first-order valence-electron chi connectivity index (χ1n) is 16.4. The Bertz CT molecular complexity index is 779. The van der Waals surface area contributed by atoms with Gasteiger partial charge in [0.2, 0.25) is 0 Å². The van der Waals surface area contributed by atoms with Gasteiger partial charge in [0.1, 0.15) is 6.29 Å². The summed E-state index contributed by atoms with van der Waals surface area (Å²) >= 11 is 0. The molecule has 0 aliphatic heterocycles. The van der Waals surface area contributed by atoms with Crippen LogP contribution in [0.5, 0.6) is 0 Å². The molecule has 14 nitrogen and oxygen atoms in total. The van der Waals surface area contributed by atoms with Gasteiger partial charge in [0.25, 0.3) is 0 Å². The summed E-state index contributed by atoms with van der Waals surface area (Å²) in [6, 6.07) is 0. The normalized spacial score (nSPS) is 10.7. The van der Waals surface area contributed by atoms with Gasteiger partial charge >= 0.3 is 0 Å². The molecule has 268 valence electrons. The van der Waals surface area contributed by atoms with Gasteiger partial charge in [-0.1, -0.05) is 72.9 Å². The number of aromatic nitrogens is 3. The van der Waals surface area contributed by atoms with Gasteiger partial charge in [-0.05, 0) is 13.5 Å². The molecule has 1 aromatic rings. The molecule has 0 unspecified atom stereocenters. The van der Waals surface area contributed by atoms with Gasteiger partial charge < -0.3 is 41.1 Å². The second-order valence-electron chi connectivity index (χ2n) is 9.39. The van der Waals surface area contributed by atoms with Crippen molar-refractivity contribution in [2.45, 2.75) is 93.7 Å². The van der Waals surface area contributed by atoms with Crippen LogP contribution in [0.3, 0.4) is 0 Å². The summed E-state index contributed by atoms with van der Waals surface area (Å²) in [6.07, 6.45) is 11.3. The van der Waals surface area contributed by atoms with Gasteiger partial charge in [-0.25, -0.2) is 11.7 Å². The van der Waals surface area contributed by atoms with Gasteiger partial charge in [0, 0.05) is 84.1 Å². The summed E-state index contributed by atoms with van der Waals surface area (Å²) in [5, 5.41) is 14.0. The average Bonchev–Trinajstić information content (AvgIpc) is 3.47. The average molecular weight is 646 g/mol. The minimum Gasteiger partial charge on any atom is -0.403 e. The van der Waals surface area contributed by atoms with E-state index in [2.05, 4.69) is 36.4 Å². The standard InChI is InChI=1S/C14H28N10O.C8H19NO2.C5H12.2C2H6/c1-21(17)7-12(16)8-23(11-14(6-15)22(2)18)9-13-10-24(20-19-13)4-3-5-25;1-3-5-10-7-8-11-6-4-9-2;1-3-5-4-2;2*1-2/h5-7,10H,3-4,8-9,11,15-18H2,1-2H3;9H,3-8H2,1-2H3;3-5H2,1-2H3;2*1-2H3/b12-7-,14-6-;;;;. The number of likely N-dealkylation sites (N-methyl/N-ethyl adjacent to an activating group) is 2. The van der Waals surface area contributed by atoms with Crippen molar-refractivity contribution in [2.24, 2.45) is 23.2 Å². The van der Waals surface area contributed by atoms with Crippen molar-refractivity contribution in [3.8, 4) is 0 Å². The van der Waals surface area contributed by atoms with Gasteiger partial charge in [0.15, 0.2) is 0 Å². The van der Waals surface area contributed by atoms with E-state index in [1.54, 1.807) is 31.2 Å². The number of hydrogen-bond acceptors (Lipinski definition) is 13. The zero-order chi connectivity index (χ0) is 35.3. The first kappa shape index (κ1) is 49.1. The summed E-state index contributed by atoms with van der Waals surface area (Å²) < 4.78 is 12.1. The highest BCUT2D eigenvalue weighted by Crippen LogP contribution is 2.07. The molecule has 14 heteroatoms. The van der Waals surface area contributed by atoms with E-state index in [9.17, 15) is 4.79 Å². The summed E-state index contributed by atoms with van der Waals surface area (Å²) in [5.74, 6) is 11.4. The van der Waals surface area contributed by atoms with Crippen molar-refractivity contribution in [3.63, 3.8) is 0 Å². The lowest BCUT2D eigenvalue weighted by Crippen LogP contribution is -2.37. The quantitative estimate of drug-likeness (QED) is 0.0568. The molecule has 45 heavy (non-hydrogen) atoms. The number of aldehydes is 1. The number of nitrogens with zero attached hydrogens (tertiary/aromatic N) is 6. The van der Waals surface area contributed by atoms with E-state index in [1.165, 1.54) is 35.5 Å². The first-order valence-corrected chi connectivity index (χ1v) is 16.4. The van der Waals surface area contributed by atoms with Crippen LogP contribution in [0.1, 0.15) is 86.3 Å². The Kier molecular flexibility index (Phi) is 42.9. The Morgan fingerprint density at radius 3 is 2.02 bits per heavy atom. The van der Waals surface area contributed by atoms with E-state index in [1.807, 2.05) is 39.6 Å². The van der Waals surface area contributed by atoms with E-state index in [4.69, 9.17) is 32.6 Å². The second-order valence-corrected chi connectivity index (χ2v) is 9.39. The maximum Gasteiger partial charge on any atom is 0.121 e. The molecule has 1 heterocycles. The maximum absolute atomic E-state index is 10.5. The molecule has 0 bridgehead atoms. The number of hydrazine groups is 2. The number of aryl methyl sites for hydroxylation is 1. The Morgan fingerprint density at radius 2 is 1.58 bits per heavy atom. The highest BCUT2D eigenvalue weighted by Gasteiger charge is 2.14.